The van der Waals surface area contributed by atoms with Crippen LogP contribution in [0.1, 0.15) is 5.56 Å². The smallest absolute Gasteiger partial charge is 0.274 e. The van der Waals surface area contributed by atoms with E-state index in [4.69, 9.17) is 0 Å². The third-order valence-electron chi connectivity index (χ3n) is 2.77. The van der Waals surface area contributed by atoms with Crippen molar-refractivity contribution in [2.75, 3.05) is 19.6 Å². The Bertz CT molecular complexity index is 417. The summed E-state index contributed by atoms with van der Waals surface area (Å²) in [5.74, 6) is 0.617. The molecule has 1 heterocycles. The number of rotatable bonds is 4. The van der Waals surface area contributed by atoms with Crippen molar-refractivity contribution in [3.8, 4) is 0 Å². The molecule has 0 aliphatic carbocycles. The van der Waals surface area contributed by atoms with E-state index >= 15 is 0 Å². The molecule has 0 bridgehead atoms. The summed E-state index contributed by atoms with van der Waals surface area (Å²) >= 11 is 0. The van der Waals surface area contributed by atoms with E-state index in [0.29, 0.717) is 5.82 Å². The highest BCUT2D eigenvalue weighted by atomic mass is 16.6. The van der Waals surface area contributed by atoms with Gasteiger partial charge in [0.1, 0.15) is 0 Å². The van der Waals surface area contributed by atoms with Crippen molar-refractivity contribution in [1.82, 2.24) is 10.2 Å². The molecule has 1 saturated heterocycles. The molecule has 2 rings (SSSR count). The van der Waals surface area contributed by atoms with Crippen LogP contribution in [0, 0.1) is 10.1 Å². The summed E-state index contributed by atoms with van der Waals surface area (Å²) in [6, 6.07) is 10.1. The van der Waals surface area contributed by atoms with Crippen LogP contribution in [0.25, 0.3) is 0 Å². The first-order valence-corrected chi connectivity index (χ1v) is 5.64. The van der Waals surface area contributed by atoms with Gasteiger partial charge in [0.25, 0.3) is 6.20 Å². The molecule has 1 N–H and O–H groups in total. The molecule has 0 radical (unpaired) electrons. The molecule has 0 unspecified atom stereocenters. The van der Waals surface area contributed by atoms with Crippen molar-refractivity contribution >= 4 is 0 Å². The highest BCUT2D eigenvalue weighted by Crippen LogP contribution is 2.09. The lowest BCUT2D eigenvalue weighted by molar-refractivity contribution is -0.404. The molecule has 5 heteroatoms. The van der Waals surface area contributed by atoms with E-state index in [2.05, 4.69) is 17.4 Å². The number of nitrogens with zero attached hydrogens (tertiary/aromatic N) is 2. The van der Waals surface area contributed by atoms with Gasteiger partial charge in [-0.05, 0) is 12.0 Å². The molecule has 1 aromatic carbocycles. The summed E-state index contributed by atoms with van der Waals surface area (Å²) in [7, 11) is 0. The normalized spacial score (nSPS) is 17.2. The van der Waals surface area contributed by atoms with Gasteiger partial charge >= 0.3 is 0 Å². The molecule has 1 aliphatic rings. The molecule has 1 aromatic rings. The average Bonchev–Trinajstić information content (AvgIpc) is 2.74. The molecule has 0 aromatic heterocycles. The summed E-state index contributed by atoms with van der Waals surface area (Å²) in [6.45, 7) is 2.40. The second-order valence-electron chi connectivity index (χ2n) is 3.95. The summed E-state index contributed by atoms with van der Waals surface area (Å²) < 4.78 is 0. The molecule has 0 spiro atoms. The fraction of sp³-hybridized carbons (Fsp3) is 0.333. The molecule has 90 valence electrons. The van der Waals surface area contributed by atoms with Crippen molar-refractivity contribution in [1.29, 1.82) is 0 Å². The summed E-state index contributed by atoms with van der Waals surface area (Å²) in [6.07, 6.45) is 1.94. The zero-order valence-corrected chi connectivity index (χ0v) is 9.50. The number of hydrogen-bond acceptors (Lipinski definition) is 4. The van der Waals surface area contributed by atoms with E-state index in [1.807, 2.05) is 23.1 Å². The van der Waals surface area contributed by atoms with Gasteiger partial charge in [0.15, 0.2) is 5.82 Å². The van der Waals surface area contributed by atoms with Gasteiger partial charge in [0.2, 0.25) is 0 Å². The minimum Gasteiger partial charge on any atom is -0.365 e. The van der Waals surface area contributed by atoms with Crippen molar-refractivity contribution in [2.24, 2.45) is 0 Å². The first-order chi connectivity index (χ1) is 8.25. The van der Waals surface area contributed by atoms with E-state index in [9.17, 15) is 10.1 Å². The number of nitro groups is 1. The molecule has 1 fully saturated rings. The highest BCUT2D eigenvalue weighted by molar-refractivity contribution is 5.15. The molecule has 0 atom stereocenters. The maximum Gasteiger partial charge on any atom is 0.274 e. The quantitative estimate of drug-likeness (QED) is 0.627. The first-order valence-electron chi connectivity index (χ1n) is 5.64. The van der Waals surface area contributed by atoms with Crippen molar-refractivity contribution in [2.45, 2.75) is 6.42 Å². The van der Waals surface area contributed by atoms with Crippen LogP contribution < -0.4 is 5.32 Å². The van der Waals surface area contributed by atoms with Crippen LogP contribution in [0.2, 0.25) is 0 Å². The van der Waals surface area contributed by atoms with Crippen molar-refractivity contribution in [3.63, 3.8) is 0 Å². The Balaban J connectivity index is 1.93. The third kappa shape index (κ3) is 3.21. The molecule has 0 saturated carbocycles. The fourth-order valence-corrected chi connectivity index (χ4v) is 1.92. The Morgan fingerprint density at radius 2 is 2.18 bits per heavy atom. The molecule has 0 amide bonds. The summed E-state index contributed by atoms with van der Waals surface area (Å²) in [5.41, 5.74) is 1.25. The summed E-state index contributed by atoms with van der Waals surface area (Å²) in [4.78, 5) is 12.0. The van der Waals surface area contributed by atoms with E-state index in [1.54, 1.807) is 0 Å². The summed E-state index contributed by atoms with van der Waals surface area (Å²) in [5, 5.41) is 13.5. The Kier molecular flexibility index (Phi) is 3.59. The first kappa shape index (κ1) is 11.4. The van der Waals surface area contributed by atoms with Crippen LogP contribution in [0.15, 0.2) is 42.4 Å². The molecule has 1 aliphatic heterocycles. The average molecular weight is 233 g/mol. The van der Waals surface area contributed by atoms with Crippen LogP contribution in [0.4, 0.5) is 0 Å². The lowest BCUT2D eigenvalue weighted by Gasteiger charge is -2.16. The van der Waals surface area contributed by atoms with Gasteiger partial charge < -0.3 is 10.2 Å². The maximum absolute atomic E-state index is 10.4. The van der Waals surface area contributed by atoms with E-state index in [0.717, 1.165) is 32.3 Å². The van der Waals surface area contributed by atoms with Crippen LogP contribution in [-0.4, -0.2) is 29.5 Å². The molecule has 5 nitrogen and oxygen atoms in total. The largest absolute Gasteiger partial charge is 0.365 e. The Labute approximate surface area is 99.9 Å². The van der Waals surface area contributed by atoms with Crippen LogP contribution in [0.3, 0.4) is 0 Å². The van der Waals surface area contributed by atoms with Crippen LogP contribution in [0.5, 0.6) is 0 Å². The lowest BCUT2D eigenvalue weighted by atomic mass is 10.1. The number of nitrogens with one attached hydrogen (secondary N) is 1. The number of benzene rings is 1. The van der Waals surface area contributed by atoms with Crippen molar-refractivity contribution in [3.05, 3.63) is 58.0 Å². The second-order valence-corrected chi connectivity index (χ2v) is 3.95. The highest BCUT2D eigenvalue weighted by Gasteiger charge is 2.18. The zero-order chi connectivity index (χ0) is 12.1. The second kappa shape index (κ2) is 5.34. The predicted molar refractivity (Wildman–Crippen MR) is 64.8 cm³/mol. The van der Waals surface area contributed by atoms with E-state index < -0.39 is 4.92 Å². The minimum absolute atomic E-state index is 0.414. The Morgan fingerprint density at radius 1 is 1.41 bits per heavy atom. The van der Waals surface area contributed by atoms with Crippen LogP contribution >= 0.6 is 0 Å². The van der Waals surface area contributed by atoms with Gasteiger partial charge in [0, 0.05) is 19.6 Å². The molecular formula is C12H15N3O2. The van der Waals surface area contributed by atoms with Gasteiger partial charge in [-0.2, -0.15) is 0 Å². The van der Waals surface area contributed by atoms with Gasteiger partial charge in [-0.1, -0.05) is 30.3 Å². The predicted octanol–water partition coefficient (Wildman–Crippen LogP) is 1.21. The topological polar surface area (TPSA) is 58.4 Å². The van der Waals surface area contributed by atoms with Crippen molar-refractivity contribution < 1.29 is 4.92 Å². The van der Waals surface area contributed by atoms with Gasteiger partial charge in [0.05, 0.1) is 4.92 Å². The molecular weight excluding hydrogens is 218 g/mol. The standard InChI is InChI=1S/C12H15N3O2/c16-15(17)10-12-13-7-9-14(12)8-6-11-4-2-1-3-5-11/h1-5,10,13H,6-9H2/b12-10-. The Morgan fingerprint density at radius 3 is 2.88 bits per heavy atom. The van der Waals surface area contributed by atoms with Gasteiger partial charge in [-0.3, -0.25) is 10.1 Å². The van der Waals surface area contributed by atoms with Gasteiger partial charge in [-0.15, -0.1) is 0 Å². The SMILES string of the molecule is O=[N+]([O-])/C=C1/NCCN1CCc1ccccc1. The monoisotopic (exact) mass is 233 g/mol. The van der Waals surface area contributed by atoms with E-state index in [-0.39, 0.29) is 0 Å². The number of hydrogen-bond donors (Lipinski definition) is 1. The molecule has 17 heavy (non-hydrogen) atoms. The van der Waals surface area contributed by atoms with E-state index in [1.165, 1.54) is 5.56 Å². The Hall–Kier alpha value is -2.04. The fourth-order valence-electron chi connectivity index (χ4n) is 1.92. The van der Waals surface area contributed by atoms with Crippen LogP contribution in [-0.2, 0) is 6.42 Å². The maximum atomic E-state index is 10.4. The third-order valence-corrected chi connectivity index (χ3v) is 2.77. The van der Waals surface area contributed by atoms with Gasteiger partial charge in [-0.25, -0.2) is 0 Å². The lowest BCUT2D eigenvalue weighted by Crippen LogP contribution is -2.23. The minimum atomic E-state index is -0.414. The zero-order valence-electron chi connectivity index (χ0n) is 9.50.